The summed E-state index contributed by atoms with van der Waals surface area (Å²) in [6, 6.07) is 6.40. The van der Waals surface area contributed by atoms with Crippen LogP contribution in [-0.4, -0.2) is 17.3 Å². The molecule has 0 aromatic heterocycles. The smallest absolute Gasteiger partial charge is 0.0819 e. The Morgan fingerprint density at radius 2 is 1.72 bits per heavy atom. The summed E-state index contributed by atoms with van der Waals surface area (Å²) in [5.41, 5.74) is 3.23. The molecule has 2 rings (SSSR count). The topological polar surface area (TPSA) is 32.3 Å². The Hall–Kier alpha value is -1.02. The van der Waals surface area contributed by atoms with Crippen molar-refractivity contribution in [3.8, 4) is 0 Å². The molecule has 2 heteroatoms. The van der Waals surface area contributed by atoms with Gasteiger partial charge >= 0.3 is 0 Å². The van der Waals surface area contributed by atoms with Crippen LogP contribution in [0.5, 0.6) is 0 Å². The summed E-state index contributed by atoms with van der Waals surface area (Å²) in [4.78, 5) is 0. The lowest BCUT2D eigenvalue weighted by Crippen LogP contribution is -2.36. The zero-order valence-corrected chi connectivity index (χ0v) is 11.6. The Bertz CT molecular complexity index is 392. The zero-order chi connectivity index (χ0) is 13.0. The van der Waals surface area contributed by atoms with Crippen molar-refractivity contribution in [3.05, 3.63) is 29.3 Å². The highest BCUT2D eigenvalue weighted by molar-refractivity contribution is 5.48. The van der Waals surface area contributed by atoms with Gasteiger partial charge in [-0.3, -0.25) is 0 Å². The molecular formula is C16H25NO. The average molecular weight is 247 g/mol. The number of benzene rings is 1. The van der Waals surface area contributed by atoms with E-state index in [1.807, 2.05) is 0 Å². The highest BCUT2D eigenvalue weighted by Gasteiger charge is 2.27. The second-order valence-corrected chi connectivity index (χ2v) is 5.79. The molecule has 1 aliphatic carbocycles. The van der Waals surface area contributed by atoms with Crippen LogP contribution >= 0.6 is 0 Å². The predicted octanol–water partition coefficient (Wildman–Crippen LogP) is 3.80. The van der Waals surface area contributed by atoms with E-state index in [1.54, 1.807) is 0 Å². The Morgan fingerprint density at radius 3 is 2.33 bits per heavy atom. The van der Waals surface area contributed by atoms with Gasteiger partial charge in [0.05, 0.1) is 5.60 Å². The maximum absolute atomic E-state index is 10.6. The van der Waals surface area contributed by atoms with Crippen LogP contribution in [0, 0.1) is 13.8 Å². The number of hydrogen-bond donors (Lipinski definition) is 2. The van der Waals surface area contributed by atoms with Crippen molar-refractivity contribution in [1.29, 1.82) is 0 Å². The highest BCUT2D eigenvalue weighted by Crippen LogP contribution is 2.27. The molecule has 0 radical (unpaired) electrons. The summed E-state index contributed by atoms with van der Waals surface area (Å²) >= 11 is 0. The summed E-state index contributed by atoms with van der Waals surface area (Å²) in [5.74, 6) is 0. The van der Waals surface area contributed by atoms with E-state index >= 15 is 0 Å². The van der Waals surface area contributed by atoms with E-state index in [4.69, 9.17) is 0 Å². The van der Waals surface area contributed by atoms with Crippen molar-refractivity contribution in [1.82, 2.24) is 0 Å². The zero-order valence-electron chi connectivity index (χ0n) is 11.6. The molecule has 0 aliphatic heterocycles. The maximum atomic E-state index is 10.6. The minimum Gasteiger partial charge on any atom is -0.388 e. The van der Waals surface area contributed by atoms with Crippen LogP contribution in [0.4, 0.5) is 5.69 Å². The second-order valence-electron chi connectivity index (χ2n) is 5.79. The molecule has 2 nitrogen and oxygen atoms in total. The monoisotopic (exact) mass is 247 g/mol. The van der Waals surface area contributed by atoms with E-state index < -0.39 is 5.60 Å². The molecule has 0 atom stereocenters. The van der Waals surface area contributed by atoms with Gasteiger partial charge in [0.15, 0.2) is 0 Å². The molecule has 18 heavy (non-hydrogen) atoms. The van der Waals surface area contributed by atoms with E-state index in [2.05, 4.69) is 37.4 Å². The van der Waals surface area contributed by atoms with Crippen LogP contribution in [0.3, 0.4) is 0 Å². The Morgan fingerprint density at radius 1 is 1.06 bits per heavy atom. The third-order valence-corrected chi connectivity index (χ3v) is 4.16. The van der Waals surface area contributed by atoms with Crippen molar-refractivity contribution < 1.29 is 5.11 Å². The van der Waals surface area contributed by atoms with Gasteiger partial charge < -0.3 is 10.4 Å². The van der Waals surface area contributed by atoms with Crippen molar-refractivity contribution >= 4 is 5.69 Å². The molecular weight excluding hydrogens is 222 g/mol. The van der Waals surface area contributed by atoms with Crippen molar-refractivity contribution in [2.24, 2.45) is 0 Å². The molecule has 0 saturated heterocycles. The molecule has 1 saturated carbocycles. The van der Waals surface area contributed by atoms with E-state index in [0.29, 0.717) is 6.54 Å². The average Bonchev–Trinajstić information content (AvgIpc) is 2.56. The van der Waals surface area contributed by atoms with Gasteiger partial charge in [-0.1, -0.05) is 31.7 Å². The number of anilines is 1. The van der Waals surface area contributed by atoms with Crippen LogP contribution in [0.15, 0.2) is 18.2 Å². The third-order valence-electron chi connectivity index (χ3n) is 4.16. The molecule has 0 bridgehead atoms. The van der Waals surface area contributed by atoms with Gasteiger partial charge in [0.1, 0.15) is 0 Å². The first-order chi connectivity index (χ1) is 8.59. The molecule has 1 aromatic carbocycles. The fraction of sp³-hybridized carbons (Fsp3) is 0.625. The molecule has 0 heterocycles. The van der Waals surface area contributed by atoms with Crippen LogP contribution in [-0.2, 0) is 0 Å². The number of aliphatic hydroxyl groups is 1. The van der Waals surface area contributed by atoms with Gasteiger partial charge in [0.25, 0.3) is 0 Å². The molecule has 0 amide bonds. The lowest BCUT2D eigenvalue weighted by atomic mass is 9.94. The fourth-order valence-electron chi connectivity index (χ4n) is 2.68. The summed E-state index contributed by atoms with van der Waals surface area (Å²) in [6.45, 7) is 4.92. The fourth-order valence-corrected chi connectivity index (χ4v) is 2.68. The highest BCUT2D eigenvalue weighted by atomic mass is 16.3. The summed E-state index contributed by atoms with van der Waals surface area (Å²) < 4.78 is 0. The van der Waals surface area contributed by atoms with Crippen LogP contribution in [0.1, 0.15) is 49.7 Å². The SMILES string of the molecule is Cc1ccc(NCC2(O)CCCCCC2)cc1C. The summed E-state index contributed by atoms with van der Waals surface area (Å²) in [5, 5.41) is 14.0. The normalized spacial score (nSPS) is 19.3. The number of rotatable bonds is 3. The Kier molecular flexibility index (Phi) is 4.28. The first-order valence-corrected chi connectivity index (χ1v) is 7.13. The summed E-state index contributed by atoms with van der Waals surface area (Å²) in [6.07, 6.45) is 6.73. The third kappa shape index (κ3) is 3.49. The van der Waals surface area contributed by atoms with E-state index in [0.717, 1.165) is 31.4 Å². The maximum Gasteiger partial charge on any atom is 0.0819 e. The molecule has 2 N–H and O–H groups in total. The van der Waals surface area contributed by atoms with Crippen molar-refractivity contribution in [2.45, 2.75) is 58.0 Å². The largest absolute Gasteiger partial charge is 0.388 e. The first kappa shape index (κ1) is 13.4. The van der Waals surface area contributed by atoms with Gasteiger partial charge in [0.2, 0.25) is 0 Å². The van der Waals surface area contributed by atoms with Crippen LogP contribution < -0.4 is 5.32 Å². The lowest BCUT2D eigenvalue weighted by Gasteiger charge is -2.27. The Balaban J connectivity index is 1.95. The van der Waals surface area contributed by atoms with Gasteiger partial charge in [-0.2, -0.15) is 0 Å². The van der Waals surface area contributed by atoms with Crippen molar-refractivity contribution in [2.75, 3.05) is 11.9 Å². The van der Waals surface area contributed by atoms with E-state index in [9.17, 15) is 5.11 Å². The standard InChI is InChI=1S/C16H25NO/c1-13-7-8-15(11-14(13)2)17-12-16(18)9-5-3-4-6-10-16/h7-8,11,17-18H,3-6,9-10,12H2,1-2H3. The predicted molar refractivity (Wildman–Crippen MR) is 77.1 cm³/mol. The molecule has 1 fully saturated rings. The molecule has 1 aromatic rings. The minimum absolute atomic E-state index is 0.505. The van der Waals surface area contributed by atoms with Crippen LogP contribution in [0.25, 0.3) is 0 Å². The van der Waals surface area contributed by atoms with Gasteiger partial charge in [0, 0.05) is 12.2 Å². The second kappa shape index (κ2) is 5.75. The minimum atomic E-state index is -0.505. The van der Waals surface area contributed by atoms with E-state index in [1.165, 1.54) is 24.0 Å². The quantitative estimate of drug-likeness (QED) is 0.796. The molecule has 0 spiro atoms. The van der Waals surface area contributed by atoms with Crippen molar-refractivity contribution in [3.63, 3.8) is 0 Å². The van der Waals surface area contributed by atoms with E-state index in [-0.39, 0.29) is 0 Å². The van der Waals surface area contributed by atoms with Gasteiger partial charge in [-0.25, -0.2) is 0 Å². The first-order valence-electron chi connectivity index (χ1n) is 7.13. The summed E-state index contributed by atoms with van der Waals surface area (Å²) in [7, 11) is 0. The number of hydrogen-bond acceptors (Lipinski definition) is 2. The van der Waals surface area contributed by atoms with Crippen LogP contribution in [0.2, 0.25) is 0 Å². The lowest BCUT2D eigenvalue weighted by molar-refractivity contribution is 0.0381. The Labute approximate surface area is 110 Å². The molecule has 0 unspecified atom stereocenters. The molecule has 1 aliphatic rings. The molecule has 100 valence electrons. The number of aryl methyl sites for hydroxylation is 2. The van der Waals surface area contributed by atoms with Gasteiger partial charge in [-0.05, 0) is 49.9 Å². The van der Waals surface area contributed by atoms with Gasteiger partial charge in [-0.15, -0.1) is 0 Å². The number of nitrogens with one attached hydrogen (secondary N) is 1.